The van der Waals surface area contributed by atoms with E-state index in [2.05, 4.69) is 10.5 Å². The quantitative estimate of drug-likeness (QED) is 0.708. The molecule has 2 aliphatic rings. The van der Waals surface area contributed by atoms with Gasteiger partial charge in [0.2, 0.25) is 0 Å². The molecule has 1 aromatic heterocycles. The van der Waals surface area contributed by atoms with Gasteiger partial charge in [0.05, 0.1) is 11.3 Å². The number of aromatic nitrogens is 1. The number of nitrogens with one attached hydrogen (secondary N) is 1. The van der Waals surface area contributed by atoms with Crippen molar-refractivity contribution in [2.75, 3.05) is 19.6 Å². The molecule has 0 atom stereocenters. The first-order valence-corrected chi connectivity index (χ1v) is 11.3. The SMILES string of the molecule is Cc1noc(C)c1CSc1ccccc1C(=O)N1CCC(NCC2CC2)CC1. The predicted molar refractivity (Wildman–Crippen MR) is 112 cm³/mol. The summed E-state index contributed by atoms with van der Waals surface area (Å²) in [6, 6.07) is 8.52. The van der Waals surface area contributed by atoms with E-state index in [-0.39, 0.29) is 5.91 Å². The van der Waals surface area contributed by atoms with Crippen molar-refractivity contribution in [1.29, 1.82) is 0 Å². The van der Waals surface area contributed by atoms with Gasteiger partial charge in [-0.3, -0.25) is 4.79 Å². The highest BCUT2D eigenvalue weighted by Crippen LogP contribution is 2.30. The molecule has 0 spiro atoms. The summed E-state index contributed by atoms with van der Waals surface area (Å²) in [7, 11) is 0. The molecule has 2 fully saturated rings. The molecular weight excluding hydrogens is 370 g/mol. The summed E-state index contributed by atoms with van der Waals surface area (Å²) in [6.45, 7) is 6.73. The molecule has 150 valence electrons. The molecule has 0 radical (unpaired) electrons. The maximum atomic E-state index is 13.2. The van der Waals surface area contributed by atoms with E-state index in [1.165, 1.54) is 12.8 Å². The Morgan fingerprint density at radius 3 is 2.64 bits per heavy atom. The largest absolute Gasteiger partial charge is 0.361 e. The molecule has 2 heterocycles. The first-order chi connectivity index (χ1) is 13.6. The molecule has 1 N–H and O–H groups in total. The van der Waals surface area contributed by atoms with E-state index in [4.69, 9.17) is 4.52 Å². The van der Waals surface area contributed by atoms with Crippen molar-refractivity contribution in [3.8, 4) is 0 Å². The van der Waals surface area contributed by atoms with Crippen molar-refractivity contribution in [3.05, 3.63) is 46.8 Å². The first kappa shape index (κ1) is 19.5. The van der Waals surface area contributed by atoms with Crippen molar-refractivity contribution in [3.63, 3.8) is 0 Å². The number of carbonyl (C=O) groups excluding carboxylic acids is 1. The molecule has 0 bridgehead atoms. The third kappa shape index (κ3) is 4.61. The number of likely N-dealkylation sites (tertiary alicyclic amines) is 1. The highest BCUT2D eigenvalue weighted by atomic mass is 32.2. The Morgan fingerprint density at radius 2 is 1.96 bits per heavy atom. The molecule has 2 aromatic rings. The number of hydrogen-bond donors (Lipinski definition) is 1. The number of thioether (sulfide) groups is 1. The zero-order valence-electron chi connectivity index (χ0n) is 16.7. The highest BCUT2D eigenvalue weighted by molar-refractivity contribution is 7.98. The van der Waals surface area contributed by atoms with Crippen LogP contribution in [0.25, 0.3) is 0 Å². The van der Waals surface area contributed by atoms with E-state index >= 15 is 0 Å². The molecule has 1 aliphatic heterocycles. The van der Waals surface area contributed by atoms with Gasteiger partial charge in [-0.2, -0.15) is 0 Å². The van der Waals surface area contributed by atoms with Gasteiger partial charge in [0, 0.05) is 35.3 Å². The summed E-state index contributed by atoms with van der Waals surface area (Å²) in [5, 5.41) is 7.71. The van der Waals surface area contributed by atoms with Crippen LogP contribution in [0.4, 0.5) is 0 Å². The molecular formula is C22H29N3O2S. The van der Waals surface area contributed by atoms with Gasteiger partial charge in [-0.1, -0.05) is 17.3 Å². The molecule has 1 aliphatic carbocycles. The van der Waals surface area contributed by atoms with E-state index < -0.39 is 0 Å². The van der Waals surface area contributed by atoms with Gasteiger partial charge < -0.3 is 14.7 Å². The molecule has 5 nitrogen and oxygen atoms in total. The average Bonchev–Trinajstić information content (AvgIpc) is 3.50. The second-order valence-corrected chi connectivity index (χ2v) is 9.02. The highest BCUT2D eigenvalue weighted by Gasteiger charge is 2.27. The minimum Gasteiger partial charge on any atom is -0.361 e. The predicted octanol–water partition coefficient (Wildman–Crippen LogP) is 4.19. The Labute approximate surface area is 171 Å². The number of nitrogens with zero attached hydrogens (tertiary/aromatic N) is 2. The van der Waals surface area contributed by atoms with Crippen LogP contribution < -0.4 is 5.32 Å². The Bertz CT molecular complexity index is 803. The van der Waals surface area contributed by atoms with Gasteiger partial charge >= 0.3 is 0 Å². The van der Waals surface area contributed by atoms with Crippen LogP contribution in [0.3, 0.4) is 0 Å². The fraction of sp³-hybridized carbons (Fsp3) is 0.545. The average molecular weight is 400 g/mol. The Balaban J connectivity index is 1.36. The minimum absolute atomic E-state index is 0.155. The maximum absolute atomic E-state index is 13.2. The van der Waals surface area contributed by atoms with Gasteiger partial charge in [0.25, 0.3) is 5.91 Å². The van der Waals surface area contributed by atoms with Gasteiger partial charge in [-0.25, -0.2) is 0 Å². The Morgan fingerprint density at radius 1 is 1.21 bits per heavy atom. The third-order valence-electron chi connectivity index (χ3n) is 5.84. The van der Waals surface area contributed by atoms with Crippen molar-refractivity contribution in [1.82, 2.24) is 15.4 Å². The van der Waals surface area contributed by atoms with E-state index in [0.717, 1.165) is 71.6 Å². The Hall–Kier alpha value is -1.79. The van der Waals surface area contributed by atoms with Crippen LogP contribution >= 0.6 is 11.8 Å². The second kappa shape index (κ2) is 8.70. The van der Waals surface area contributed by atoms with Gasteiger partial charge in [0.15, 0.2) is 0 Å². The normalized spacial score (nSPS) is 17.9. The number of rotatable bonds is 7. The fourth-order valence-corrected chi connectivity index (χ4v) is 4.94. The summed E-state index contributed by atoms with van der Waals surface area (Å²) in [5.41, 5.74) is 2.85. The third-order valence-corrected chi connectivity index (χ3v) is 6.95. The minimum atomic E-state index is 0.155. The van der Waals surface area contributed by atoms with Gasteiger partial charge in [-0.05, 0) is 64.1 Å². The zero-order chi connectivity index (χ0) is 19.5. The summed E-state index contributed by atoms with van der Waals surface area (Å²) in [6.07, 6.45) is 4.86. The molecule has 0 unspecified atom stereocenters. The number of carbonyl (C=O) groups is 1. The lowest BCUT2D eigenvalue weighted by atomic mass is 10.0. The van der Waals surface area contributed by atoms with Crippen LogP contribution in [-0.2, 0) is 5.75 Å². The van der Waals surface area contributed by atoms with Crippen LogP contribution in [0.15, 0.2) is 33.7 Å². The van der Waals surface area contributed by atoms with Crippen LogP contribution in [0.1, 0.15) is 53.1 Å². The van der Waals surface area contributed by atoms with Crippen LogP contribution in [-0.4, -0.2) is 41.6 Å². The molecule has 6 heteroatoms. The van der Waals surface area contributed by atoms with Crippen LogP contribution in [0.2, 0.25) is 0 Å². The van der Waals surface area contributed by atoms with Crippen molar-refractivity contribution >= 4 is 17.7 Å². The molecule has 1 aromatic carbocycles. The lowest BCUT2D eigenvalue weighted by Crippen LogP contribution is -2.45. The molecule has 1 amide bonds. The Kier molecular flexibility index (Phi) is 6.07. The monoisotopic (exact) mass is 399 g/mol. The van der Waals surface area contributed by atoms with Crippen LogP contribution in [0, 0.1) is 19.8 Å². The second-order valence-electron chi connectivity index (χ2n) is 8.01. The van der Waals surface area contributed by atoms with E-state index in [1.54, 1.807) is 11.8 Å². The lowest BCUT2D eigenvalue weighted by Gasteiger charge is -2.33. The topological polar surface area (TPSA) is 58.4 Å². The molecule has 1 saturated heterocycles. The standard InChI is InChI=1S/C22H29N3O2S/c1-15-20(16(2)27-24-15)14-28-21-6-4-3-5-19(21)22(26)25-11-9-18(10-12-25)23-13-17-7-8-17/h3-6,17-18,23H,7-14H2,1-2H3. The molecule has 4 rings (SSSR count). The number of amides is 1. The number of hydrogen-bond acceptors (Lipinski definition) is 5. The zero-order valence-corrected chi connectivity index (χ0v) is 17.6. The number of piperidine rings is 1. The van der Waals surface area contributed by atoms with Crippen LogP contribution in [0.5, 0.6) is 0 Å². The van der Waals surface area contributed by atoms with E-state index in [0.29, 0.717) is 6.04 Å². The van der Waals surface area contributed by atoms with Crippen molar-refractivity contribution in [2.24, 2.45) is 5.92 Å². The van der Waals surface area contributed by atoms with Gasteiger partial charge in [0.1, 0.15) is 5.76 Å². The van der Waals surface area contributed by atoms with E-state index in [9.17, 15) is 4.79 Å². The molecule has 1 saturated carbocycles. The lowest BCUT2D eigenvalue weighted by molar-refractivity contribution is 0.0701. The summed E-state index contributed by atoms with van der Waals surface area (Å²) in [4.78, 5) is 16.2. The summed E-state index contributed by atoms with van der Waals surface area (Å²) < 4.78 is 5.26. The van der Waals surface area contributed by atoms with Gasteiger partial charge in [-0.15, -0.1) is 11.8 Å². The van der Waals surface area contributed by atoms with E-state index in [1.807, 2.05) is 43.0 Å². The smallest absolute Gasteiger partial charge is 0.254 e. The fourth-order valence-electron chi connectivity index (χ4n) is 3.74. The summed E-state index contributed by atoms with van der Waals surface area (Å²) >= 11 is 1.68. The van der Waals surface area contributed by atoms with Crippen molar-refractivity contribution < 1.29 is 9.32 Å². The number of aryl methyl sites for hydroxylation is 2. The first-order valence-electron chi connectivity index (χ1n) is 10.3. The van der Waals surface area contributed by atoms with Crippen molar-refractivity contribution in [2.45, 2.75) is 56.2 Å². The maximum Gasteiger partial charge on any atom is 0.254 e. The molecule has 28 heavy (non-hydrogen) atoms. The summed E-state index contributed by atoms with van der Waals surface area (Å²) in [5.74, 6) is 2.68. The number of benzene rings is 1.